The second-order valence-corrected chi connectivity index (χ2v) is 5.86. The molecule has 0 aliphatic carbocycles. The van der Waals surface area contributed by atoms with E-state index in [-0.39, 0.29) is 12.7 Å². The van der Waals surface area contributed by atoms with E-state index in [1.54, 1.807) is 0 Å². The van der Waals surface area contributed by atoms with Crippen LogP contribution in [0.15, 0.2) is 78.9 Å². The molecule has 24 heavy (non-hydrogen) atoms. The average Bonchev–Trinajstić information content (AvgIpc) is 2.64. The molecule has 0 spiro atoms. The third kappa shape index (κ3) is 3.84. The van der Waals surface area contributed by atoms with Crippen LogP contribution >= 0.6 is 11.6 Å². The number of hydrogen-bond donors (Lipinski definition) is 0. The summed E-state index contributed by atoms with van der Waals surface area (Å²) in [5.74, 6) is 0. The molecule has 1 unspecified atom stereocenters. The Morgan fingerprint density at radius 2 is 1.42 bits per heavy atom. The average molecular weight is 341 g/mol. The quantitative estimate of drug-likeness (QED) is 0.528. The second kappa shape index (κ2) is 8.09. The van der Waals surface area contributed by atoms with E-state index in [1.807, 2.05) is 66.7 Å². The van der Waals surface area contributed by atoms with Crippen LogP contribution in [0.4, 0.5) is 4.39 Å². The van der Waals surface area contributed by atoms with E-state index in [2.05, 4.69) is 12.1 Å². The van der Waals surface area contributed by atoms with Gasteiger partial charge in [0.2, 0.25) is 0 Å². The highest BCUT2D eigenvalue weighted by Gasteiger charge is 2.17. The van der Waals surface area contributed by atoms with Crippen LogP contribution in [-0.4, -0.2) is 13.3 Å². The summed E-state index contributed by atoms with van der Waals surface area (Å²) in [5.41, 5.74) is 4.09. The molecule has 1 atom stereocenters. The lowest BCUT2D eigenvalue weighted by atomic mass is 9.98. The Bertz CT molecular complexity index is 771. The zero-order chi connectivity index (χ0) is 16.8. The van der Waals surface area contributed by atoms with E-state index in [1.165, 1.54) is 0 Å². The molecular formula is C21H18ClFO. The number of rotatable bonds is 6. The summed E-state index contributed by atoms with van der Waals surface area (Å²) in [4.78, 5) is 0. The van der Waals surface area contributed by atoms with Crippen molar-refractivity contribution in [2.24, 2.45) is 0 Å². The highest BCUT2D eigenvalue weighted by Crippen LogP contribution is 2.32. The molecule has 0 aliphatic rings. The Balaban J connectivity index is 1.92. The summed E-state index contributed by atoms with van der Waals surface area (Å²) >= 11 is 6.30. The van der Waals surface area contributed by atoms with Crippen molar-refractivity contribution in [2.45, 2.75) is 6.10 Å². The first-order valence-corrected chi connectivity index (χ1v) is 8.25. The fraction of sp³-hybridized carbons (Fsp3) is 0.143. The number of ether oxygens (including phenoxy) is 1. The van der Waals surface area contributed by atoms with Crippen LogP contribution in [-0.2, 0) is 4.74 Å². The minimum absolute atomic E-state index is 0.0380. The lowest BCUT2D eigenvalue weighted by Crippen LogP contribution is -2.09. The van der Waals surface area contributed by atoms with E-state index < -0.39 is 6.67 Å². The van der Waals surface area contributed by atoms with Crippen molar-refractivity contribution in [3.8, 4) is 11.1 Å². The molecule has 0 saturated heterocycles. The number of hydrogen-bond acceptors (Lipinski definition) is 1. The number of benzene rings is 3. The Labute approximate surface area is 146 Å². The highest BCUT2D eigenvalue weighted by atomic mass is 35.5. The molecule has 0 radical (unpaired) electrons. The number of halogens is 2. The van der Waals surface area contributed by atoms with Crippen LogP contribution in [0, 0.1) is 0 Å². The van der Waals surface area contributed by atoms with Crippen molar-refractivity contribution >= 4 is 11.6 Å². The predicted molar refractivity (Wildman–Crippen MR) is 97.1 cm³/mol. The van der Waals surface area contributed by atoms with Crippen molar-refractivity contribution in [3.63, 3.8) is 0 Å². The van der Waals surface area contributed by atoms with E-state index >= 15 is 0 Å². The van der Waals surface area contributed by atoms with Crippen LogP contribution in [0.3, 0.4) is 0 Å². The Morgan fingerprint density at radius 1 is 0.792 bits per heavy atom. The summed E-state index contributed by atoms with van der Waals surface area (Å²) in [5, 5.41) is 0.619. The first-order valence-electron chi connectivity index (χ1n) is 7.87. The maximum Gasteiger partial charge on any atom is 0.113 e. The van der Waals surface area contributed by atoms with E-state index in [0.29, 0.717) is 5.02 Å². The van der Waals surface area contributed by atoms with Gasteiger partial charge in [0.15, 0.2) is 0 Å². The van der Waals surface area contributed by atoms with Crippen LogP contribution in [0.5, 0.6) is 0 Å². The smallest absolute Gasteiger partial charge is 0.113 e. The SMILES string of the molecule is FCCOC(c1ccc(-c2ccccc2)cc1)c1ccccc1Cl. The molecule has 122 valence electrons. The van der Waals surface area contributed by atoms with Gasteiger partial charge in [-0.15, -0.1) is 0 Å². The van der Waals surface area contributed by atoms with Gasteiger partial charge in [-0.25, -0.2) is 4.39 Å². The lowest BCUT2D eigenvalue weighted by molar-refractivity contribution is 0.0692. The van der Waals surface area contributed by atoms with Gasteiger partial charge in [0.1, 0.15) is 12.8 Å². The van der Waals surface area contributed by atoms with Crippen LogP contribution in [0.1, 0.15) is 17.2 Å². The van der Waals surface area contributed by atoms with Crippen molar-refractivity contribution in [2.75, 3.05) is 13.3 Å². The zero-order valence-electron chi connectivity index (χ0n) is 13.2. The summed E-state index contributed by atoms with van der Waals surface area (Å²) in [7, 11) is 0. The molecule has 3 aromatic carbocycles. The molecule has 0 aromatic heterocycles. The van der Waals surface area contributed by atoms with Crippen molar-refractivity contribution in [3.05, 3.63) is 95.0 Å². The molecule has 0 fully saturated rings. The first kappa shape index (κ1) is 16.7. The van der Waals surface area contributed by atoms with Gasteiger partial charge in [-0.1, -0.05) is 84.4 Å². The summed E-state index contributed by atoms with van der Waals surface area (Å²) in [6.45, 7) is -0.487. The van der Waals surface area contributed by atoms with E-state index in [4.69, 9.17) is 16.3 Å². The summed E-state index contributed by atoms with van der Waals surface area (Å²) in [6.07, 6.45) is -0.376. The third-order valence-electron chi connectivity index (χ3n) is 3.87. The Hall–Kier alpha value is -2.16. The van der Waals surface area contributed by atoms with Crippen LogP contribution in [0.2, 0.25) is 5.02 Å². The monoisotopic (exact) mass is 340 g/mol. The normalized spacial score (nSPS) is 12.1. The van der Waals surface area contributed by atoms with Crippen molar-refractivity contribution in [1.29, 1.82) is 0 Å². The molecule has 0 amide bonds. The third-order valence-corrected chi connectivity index (χ3v) is 4.21. The molecule has 0 bridgehead atoms. The molecular weight excluding hydrogens is 323 g/mol. The summed E-state index contributed by atoms with van der Waals surface area (Å²) < 4.78 is 18.3. The molecule has 0 aliphatic heterocycles. The van der Waals surface area contributed by atoms with Crippen molar-refractivity contribution < 1.29 is 9.13 Å². The van der Waals surface area contributed by atoms with Crippen LogP contribution < -0.4 is 0 Å². The topological polar surface area (TPSA) is 9.23 Å². The van der Waals surface area contributed by atoms with Gasteiger partial charge in [0.05, 0.1) is 6.61 Å². The van der Waals surface area contributed by atoms with Gasteiger partial charge in [0.25, 0.3) is 0 Å². The first-order chi connectivity index (χ1) is 11.8. The van der Waals surface area contributed by atoms with Gasteiger partial charge >= 0.3 is 0 Å². The second-order valence-electron chi connectivity index (χ2n) is 5.45. The zero-order valence-corrected chi connectivity index (χ0v) is 13.9. The molecule has 3 aromatic rings. The molecule has 0 N–H and O–H groups in total. The van der Waals surface area contributed by atoms with Crippen molar-refractivity contribution in [1.82, 2.24) is 0 Å². The molecule has 0 heterocycles. The highest BCUT2D eigenvalue weighted by molar-refractivity contribution is 6.31. The molecule has 0 saturated carbocycles. The van der Waals surface area contributed by atoms with E-state index in [9.17, 15) is 4.39 Å². The Kier molecular flexibility index (Phi) is 5.63. The fourth-order valence-electron chi connectivity index (χ4n) is 2.70. The van der Waals surface area contributed by atoms with Gasteiger partial charge in [-0.2, -0.15) is 0 Å². The maximum absolute atomic E-state index is 12.6. The van der Waals surface area contributed by atoms with Crippen LogP contribution in [0.25, 0.3) is 11.1 Å². The van der Waals surface area contributed by atoms with Gasteiger partial charge in [0, 0.05) is 10.6 Å². The van der Waals surface area contributed by atoms with E-state index in [0.717, 1.165) is 22.3 Å². The maximum atomic E-state index is 12.6. The minimum Gasteiger partial charge on any atom is -0.366 e. The van der Waals surface area contributed by atoms with Gasteiger partial charge in [-0.3, -0.25) is 0 Å². The predicted octanol–water partition coefficient (Wildman–Crippen LogP) is 6.08. The molecule has 3 rings (SSSR count). The minimum atomic E-state index is -0.525. The fourth-order valence-corrected chi connectivity index (χ4v) is 2.93. The molecule has 3 heteroatoms. The molecule has 1 nitrogen and oxygen atoms in total. The largest absolute Gasteiger partial charge is 0.366 e. The van der Waals surface area contributed by atoms with Gasteiger partial charge < -0.3 is 4.74 Å². The standard InChI is InChI=1S/C21H18ClFO/c22-20-9-5-4-8-19(20)21(24-15-14-23)18-12-10-17(11-13-18)16-6-2-1-3-7-16/h1-13,21H,14-15H2. The summed E-state index contributed by atoms with van der Waals surface area (Å²) in [6, 6.07) is 25.8. The number of alkyl halides is 1. The Morgan fingerprint density at radius 3 is 2.08 bits per heavy atom. The lowest BCUT2D eigenvalue weighted by Gasteiger charge is -2.20. The van der Waals surface area contributed by atoms with Gasteiger partial charge in [-0.05, 0) is 22.8 Å².